The Bertz CT molecular complexity index is 833. The Labute approximate surface area is 142 Å². The first kappa shape index (κ1) is 17.9. The molecule has 0 fully saturated rings. The number of rotatable bonds is 4. The van der Waals surface area contributed by atoms with Gasteiger partial charge in [0.15, 0.2) is 0 Å². The van der Waals surface area contributed by atoms with Crippen molar-refractivity contribution in [2.75, 3.05) is 14.2 Å². The Balaban J connectivity index is 3.03. The van der Waals surface area contributed by atoms with Crippen LogP contribution in [0.1, 0.15) is 26.3 Å². The minimum absolute atomic E-state index is 0.00713. The summed E-state index contributed by atoms with van der Waals surface area (Å²) in [7, 11) is 2.25. The second-order valence-corrected chi connectivity index (χ2v) is 5.10. The fourth-order valence-corrected chi connectivity index (χ4v) is 2.59. The van der Waals surface area contributed by atoms with E-state index in [0.717, 1.165) is 14.2 Å². The smallest absolute Gasteiger partial charge is 0.342 e. The first-order chi connectivity index (χ1) is 11.8. The van der Waals surface area contributed by atoms with E-state index in [1.807, 2.05) is 0 Å². The van der Waals surface area contributed by atoms with Crippen molar-refractivity contribution < 1.29 is 29.1 Å². The van der Waals surface area contributed by atoms with Crippen LogP contribution in [-0.2, 0) is 9.47 Å². The van der Waals surface area contributed by atoms with Crippen LogP contribution >= 0.6 is 0 Å². The van der Waals surface area contributed by atoms with Gasteiger partial charge in [-0.15, -0.1) is 0 Å². The zero-order valence-electron chi connectivity index (χ0n) is 13.7. The van der Waals surface area contributed by atoms with Gasteiger partial charge in [0, 0.05) is 11.6 Å². The molecule has 2 aromatic rings. The van der Waals surface area contributed by atoms with Crippen LogP contribution in [-0.4, -0.2) is 36.2 Å². The van der Waals surface area contributed by atoms with Crippen LogP contribution in [0, 0.1) is 17.0 Å². The summed E-state index contributed by atoms with van der Waals surface area (Å²) in [5.74, 6) is -2.18. The molecule has 8 heteroatoms. The van der Waals surface area contributed by atoms with E-state index in [-0.39, 0.29) is 27.9 Å². The van der Waals surface area contributed by atoms with E-state index < -0.39 is 22.6 Å². The van der Waals surface area contributed by atoms with E-state index in [1.165, 1.54) is 37.3 Å². The molecule has 0 aliphatic carbocycles. The average Bonchev–Trinajstić information content (AvgIpc) is 2.59. The summed E-state index contributed by atoms with van der Waals surface area (Å²) >= 11 is 0. The van der Waals surface area contributed by atoms with Crippen molar-refractivity contribution in [3.05, 3.63) is 57.1 Å². The van der Waals surface area contributed by atoms with Crippen LogP contribution in [0.5, 0.6) is 5.75 Å². The Kier molecular flexibility index (Phi) is 5.02. The maximum atomic E-state index is 12.3. The Hall–Kier alpha value is -3.42. The van der Waals surface area contributed by atoms with Gasteiger partial charge >= 0.3 is 11.9 Å². The molecule has 0 atom stereocenters. The summed E-state index contributed by atoms with van der Waals surface area (Å²) in [5.41, 5.74) is -0.554. The van der Waals surface area contributed by atoms with E-state index in [0.29, 0.717) is 5.56 Å². The summed E-state index contributed by atoms with van der Waals surface area (Å²) < 4.78 is 9.41. The molecule has 2 aromatic carbocycles. The van der Waals surface area contributed by atoms with Gasteiger partial charge in [-0.2, -0.15) is 0 Å². The number of nitrogens with zero attached hydrogens (tertiary/aromatic N) is 1. The zero-order chi connectivity index (χ0) is 18.7. The third-order valence-corrected chi connectivity index (χ3v) is 3.65. The number of hydrogen-bond acceptors (Lipinski definition) is 7. The number of nitro groups is 1. The third-order valence-electron chi connectivity index (χ3n) is 3.65. The van der Waals surface area contributed by atoms with Crippen LogP contribution in [0.3, 0.4) is 0 Å². The Morgan fingerprint density at radius 1 is 1.08 bits per heavy atom. The number of ether oxygens (including phenoxy) is 2. The quantitative estimate of drug-likeness (QED) is 0.514. The number of carbonyl (C=O) groups excluding carboxylic acids is 2. The van der Waals surface area contributed by atoms with Crippen LogP contribution in [0.2, 0.25) is 0 Å². The van der Waals surface area contributed by atoms with Gasteiger partial charge in [0.2, 0.25) is 0 Å². The standard InChI is InChI=1S/C17H15NO7/c1-9-8-12(19)15(17(21)25-3)14(13(9)16(20)24-2)10-6-4-5-7-11(10)18(22)23/h4-8,19H,1-3H3. The number of nitro benzene ring substituents is 1. The van der Waals surface area contributed by atoms with Crippen molar-refractivity contribution in [3.63, 3.8) is 0 Å². The van der Waals surface area contributed by atoms with Crippen LogP contribution in [0.25, 0.3) is 11.1 Å². The lowest BCUT2D eigenvalue weighted by Crippen LogP contribution is -2.13. The fourth-order valence-electron chi connectivity index (χ4n) is 2.59. The van der Waals surface area contributed by atoms with Gasteiger partial charge in [0.05, 0.1) is 30.3 Å². The lowest BCUT2D eigenvalue weighted by molar-refractivity contribution is -0.384. The van der Waals surface area contributed by atoms with Crippen LogP contribution in [0.4, 0.5) is 5.69 Å². The zero-order valence-corrected chi connectivity index (χ0v) is 13.7. The number of esters is 2. The van der Waals surface area contributed by atoms with Crippen molar-refractivity contribution >= 4 is 17.6 Å². The maximum absolute atomic E-state index is 12.3. The highest BCUT2D eigenvalue weighted by Gasteiger charge is 2.30. The van der Waals surface area contributed by atoms with Crippen LogP contribution in [0.15, 0.2) is 30.3 Å². The molecule has 0 aromatic heterocycles. The number of phenolic OH excluding ortho intramolecular Hbond substituents is 1. The van der Waals surface area contributed by atoms with Crippen molar-refractivity contribution in [3.8, 4) is 16.9 Å². The van der Waals surface area contributed by atoms with Crippen LogP contribution < -0.4 is 0 Å². The molecule has 8 nitrogen and oxygen atoms in total. The van der Waals surface area contributed by atoms with Gasteiger partial charge in [-0.25, -0.2) is 9.59 Å². The normalized spacial score (nSPS) is 10.2. The average molecular weight is 345 g/mol. The molecule has 0 aliphatic rings. The van der Waals surface area contributed by atoms with Gasteiger partial charge in [0.1, 0.15) is 11.3 Å². The van der Waals surface area contributed by atoms with Gasteiger partial charge < -0.3 is 14.6 Å². The lowest BCUT2D eigenvalue weighted by Gasteiger charge is -2.16. The van der Waals surface area contributed by atoms with Crippen molar-refractivity contribution in [2.45, 2.75) is 6.92 Å². The fraction of sp³-hybridized carbons (Fsp3) is 0.176. The third kappa shape index (κ3) is 3.14. The molecule has 0 unspecified atom stereocenters. The van der Waals surface area contributed by atoms with Crippen molar-refractivity contribution in [1.82, 2.24) is 0 Å². The highest BCUT2D eigenvalue weighted by atomic mass is 16.6. The topological polar surface area (TPSA) is 116 Å². The van der Waals surface area contributed by atoms with Gasteiger partial charge in [-0.3, -0.25) is 10.1 Å². The molecule has 130 valence electrons. The predicted octanol–water partition coefficient (Wildman–Crippen LogP) is 2.85. The van der Waals surface area contributed by atoms with Gasteiger partial charge in [0.25, 0.3) is 5.69 Å². The number of benzene rings is 2. The number of methoxy groups -OCH3 is 2. The van der Waals surface area contributed by atoms with Crippen molar-refractivity contribution in [2.24, 2.45) is 0 Å². The van der Waals surface area contributed by atoms with E-state index in [1.54, 1.807) is 0 Å². The first-order valence-electron chi connectivity index (χ1n) is 7.10. The van der Waals surface area contributed by atoms with E-state index >= 15 is 0 Å². The van der Waals surface area contributed by atoms with Gasteiger partial charge in [-0.1, -0.05) is 12.1 Å². The summed E-state index contributed by atoms with van der Waals surface area (Å²) in [6, 6.07) is 6.79. The highest BCUT2D eigenvalue weighted by Crippen LogP contribution is 2.40. The molecular weight excluding hydrogens is 330 g/mol. The molecule has 25 heavy (non-hydrogen) atoms. The first-order valence-corrected chi connectivity index (χ1v) is 7.10. The van der Waals surface area contributed by atoms with E-state index in [9.17, 15) is 24.8 Å². The van der Waals surface area contributed by atoms with E-state index in [4.69, 9.17) is 4.74 Å². The molecule has 0 heterocycles. The molecular formula is C17H15NO7. The minimum atomic E-state index is -0.934. The van der Waals surface area contributed by atoms with Crippen molar-refractivity contribution in [1.29, 1.82) is 0 Å². The number of phenols is 1. The Morgan fingerprint density at radius 2 is 1.64 bits per heavy atom. The second-order valence-electron chi connectivity index (χ2n) is 5.10. The lowest BCUT2D eigenvalue weighted by atomic mass is 9.89. The number of carbonyl (C=O) groups is 2. The monoisotopic (exact) mass is 345 g/mol. The number of aryl methyl sites for hydroxylation is 1. The number of aromatic hydroxyl groups is 1. The second kappa shape index (κ2) is 7.00. The molecule has 0 amide bonds. The van der Waals surface area contributed by atoms with Gasteiger partial charge in [-0.05, 0) is 24.6 Å². The molecule has 0 spiro atoms. The highest BCUT2D eigenvalue weighted by molar-refractivity contribution is 6.09. The molecule has 0 saturated heterocycles. The SMILES string of the molecule is COC(=O)c1c(C)cc(O)c(C(=O)OC)c1-c1ccccc1[N+](=O)[O-]. The predicted molar refractivity (Wildman–Crippen MR) is 87.6 cm³/mol. The summed E-state index contributed by atoms with van der Waals surface area (Å²) in [4.78, 5) is 35.2. The summed E-state index contributed by atoms with van der Waals surface area (Å²) in [6.45, 7) is 1.52. The number of hydrogen-bond donors (Lipinski definition) is 1. The molecule has 0 aliphatic heterocycles. The Morgan fingerprint density at radius 3 is 2.20 bits per heavy atom. The summed E-state index contributed by atoms with van der Waals surface area (Å²) in [5, 5.41) is 21.6. The molecule has 0 radical (unpaired) electrons. The largest absolute Gasteiger partial charge is 0.507 e. The molecule has 0 saturated carbocycles. The minimum Gasteiger partial charge on any atom is -0.507 e. The summed E-state index contributed by atoms with van der Waals surface area (Å²) in [6.07, 6.45) is 0. The molecule has 1 N–H and O–H groups in total. The van der Waals surface area contributed by atoms with E-state index in [2.05, 4.69) is 4.74 Å². The number of para-hydroxylation sites is 1. The molecule has 0 bridgehead atoms. The maximum Gasteiger partial charge on any atom is 0.342 e. The molecule has 2 rings (SSSR count).